The van der Waals surface area contributed by atoms with Crippen LogP contribution in [0, 0.1) is 19.3 Å². The van der Waals surface area contributed by atoms with E-state index in [1.165, 1.54) is 17.5 Å². The Hall–Kier alpha value is -0.670. The highest BCUT2D eigenvalue weighted by molar-refractivity contribution is 7.85. The lowest BCUT2D eigenvalue weighted by atomic mass is 9.75. The van der Waals surface area contributed by atoms with Gasteiger partial charge in [0, 0.05) is 10.9 Å². The summed E-state index contributed by atoms with van der Waals surface area (Å²) in [6.07, 6.45) is 3.37. The molecule has 21 heavy (non-hydrogen) atoms. The second kappa shape index (κ2) is 6.62. The van der Waals surface area contributed by atoms with Gasteiger partial charge >= 0.3 is 0 Å². The first-order valence-electron chi connectivity index (χ1n) is 8.05. The topological polar surface area (TPSA) is 29.1 Å². The van der Waals surface area contributed by atoms with E-state index in [-0.39, 0.29) is 5.25 Å². The van der Waals surface area contributed by atoms with Gasteiger partial charge in [-0.2, -0.15) is 0 Å². The molecule has 0 aromatic heterocycles. The zero-order valence-corrected chi connectivity index (χ0v) is 14.8. The van der Waals surface area contributed by atoms with Crippen LogP contribution in [0.4, 0.5) is 0 Å². The zero-order chi connectivity index (χ0) is 15.6. The minimum Gasteiger partial charge on any atom is -0.313 e. The molecule has 3 atom stereocenters. The molecular weight excluding hydrogens is 278 g/mol. The first-order chi connectivity index (χ1) is 9.84. The van der Waals surface area contributed by atoms with Gasteiger partial charge in [-0.25, -0.2) is 0 Å². The maximum absolute atomic E-state index is 13.1. The van der Waals surface area contributed by atoms with Crippen LogP contribution in [0.15, 0.2) is 23.1 Å². The number of hydrogen-bond acceptors (Lipinski definition) is 2. The fraction of sp³-hybridized carbons (Fsp3) is 0.667. The number of aryl methyl sites for hydroxylation is 2. The third-order valence-electron chi connectivity index (χ3n) is 4.79. The number of hydrogen-bond donors (Lipinski definition) is 1. The number of rotatable bonds is 4. The molecule has 3 unspecified atom stereocenters. The zero-order valence-electron chi connectivity index (χ0n) is 14.0. The predicted molar refractivity (Wildman–Crippen MR) is 91.2 cm³/mol. The second-order valence-corrected chi connectivity index (χ2v) is 8.82. The lowest BCUT2D eigenvalue weighted by molar-refractivity contribution is 0.213. The van der Waals surface area contributed by atoms with Crippen LogP contribution < -0.4 is 5.32 Å². The van der Waals surface area contributed by atoms with E-state index in [0.717, 1.165) is 24.3 Å². The van der Waals surface area contributed by atoms with Crippen LogP contribution in [0.5, 0.6) is 0 Å². The Kier molecular flexibility index (Phi) is 5.26. The van der Waals surface area contributed by atoms with Crippen molar-refractivity contribution in [2.24, 2.45) is 5.41 Å². The fourth-order valence-corrected chi connectivity index (χ4v) is 5.23. The second-order valence-electron chi connectivity index (χ2n) is 7.15. The van der Waals surface area contributed by atoms with Crippen LogP contribution in [0.3, 0.4) is 0 Å². The van der Waals surface area contributed by atoms with E-state index in [1.54, 1.807) is 0 Å². The van der Waals surface area contributed by atoms with E-state index in [1.807, 2.05) is 6.07 Å². The van der Waals surface area contributed by atoms with Crippen molar-refractivity contribution < 1.29 is 4.21 Å². The molecular formula is C18H29NOS. The van der Waals surface area contributed by atoms with Crippen molar-refractivity contribution in [3.05, 3.63) is 29.3 Å². The molecule has 0 spiro atoms. The van der Waals surface area contributed by atoms with E-state index in [9.17, 15) is 4.21 Å². The molecule has 2 rings (SSSR count). The summed E-state index contributed by atoms with van der Waals surface area (Å²) in [6, 6.07) is 6.63. The van der Waals surface area contributed by atoms with Gasteiger partial charge in [-0.05, 0) is 68.3 Å². The van der Waals surface area contributed by atoms with Gasteiger partial charge in [0.05, 0.1) is 16.0 Å². The summed E-state index contributed by atoms with van der Waals surface area (Å²) in [4.78, 5) is 0.990. The van der Waals surface area contributed by atoms with Crippen LogP contribution in [0.25, 0.3) is 0 Å². The normalized spacial score (nSPS) is 26.5. The molecule has 3 heteroatoms. The molecule has 0 aliphatic heterocycles. The molecule has 0 heterocycles. The molecule has 1 N–H and O–H groups in total. The van der Waals surface area contributed by atoms with Crippen LogP contribution in [-0.2, 0) is 10.8 Å². The summed E-state index contributed by atoms with van der Waals surface area (Å²) >= 11 is 0. The molecule has 0 radical (unpaired) electrons. The van der Waals surface area contributed by atoms with Crippen molar-refractivity contribution in [3.63, 3.8) is 0 Å². The Balaban J connectivity index is 2.26. The van der Waals surface area contributed by atoms with Crippen LogP contribution >= 0.6 is 0 Å². The smallest absolute Gasteiger partial charge is 0.0576 e. The highest BCUT2D eigenvalue weighted by Gasteiger charge is 2.38. The Morgan fingerprint density at radius 1 is 1.29 bits per heavy atom. The summed E-state index contributed by atoms with van der Waals surface area (Å²) in [7, 11) is -0.929. The monoisotopic (exact) mass is 307 g/mol. The van der Waals surface area contributed by atoms with Crippen molar-refractivity contribution in [2.45, 2.75) is 70.1 Å². The summed E-state index contributed by atoms with van der Waals surface area (Å²) in [5.74, 6) is 0. The number of benzene rings is 1. The highest BCUT2D eigenvalue weighted by Crippen LogP contribution is 2.38. The summed E-state index contributed by atoms with van der Waals surface area (Å²) < 4.78 is 13.1. The highest BCUT2D eigenvalue weighted by atomic mass is 32.2. The van der Waals surface area contributed by atoms with Crippen LogP contribution in [0.2, 0.25) is 0 Å². The summed E-state index contributed by atoms with van der Waals surface area (Å²) in [5.41, 5.74) is 2.80. The molecule has 1 aromatic rings. The molecule has 0 amide bonds. The average molecular weight is 308 g/mol. The predicted octanol–water partition coefficient (Wildman–Crippen LogP) is 3.97. The third-order valence-corrected chi connectivity index (χ3v) is 6.55. The molecule has 0 bridgehead atoms. The van der Waals surface area contributed by atoms with Crippen molar-refractivity contribution in [1.82, 2.24) is 5.32 Å². The van der Waals surface area contributed by atoms with Gasteiger partial charge in [0.25, 0.3) is 0 Å². The van der Waals surface area contributed by atoms with Crippen LogP contribution in [0.1, 0.15) is 51.2 Å². The molecule has 0 saturated heterocycles. The summed E-state index contributed by atoms with van der Waals surface area (Å²) in [6.45, 7) is 11.9. The van der Waals surface area contributed by atoms with Gasteiger partial charge < -0.3 is 5.32 Å². The third kappa shape index (κ3) is 3.95. The van der Waals surface area contributed by atoms with Gasteiger partial charge in [-0.3, -0.25) is 4.21 Å². The maximum atomic E-state index is 13.1. The van der Waals surface area contributed by atoms with Gasteiger partial charge in [0.15, 0.2) is 0 Å². The first kappa shape index (κ1) is 16.7. The van der Waals surface area contributed by atoms with Gasteiger partial charge in [0.1, 0.15) is 0 Å². The minimum atomic E-state index is -0.929. The van der Waals surface area contributed by atoms with E-state index in [0.29, 0.717) is 11.5 Å². The molecule has 2 nitrogen and oxygen atoms in total. The van der Waals surface area contributed by atoms with Gasteiger partial charge in [-0.1, -0.05) is 26.8 Å². The minimum absolute atomic E-state index is 0.218. The SMILES string of the molecule is CCNC1CCC(C)(C)CC1S(=O)c1ccc(C)c(C)c1. The first-order valence-corrected chi connectivity index (χ1v) is 9.26. The van der Waals surface area contributed by atoms with Crippen molar-refractivity contribution in [3.8, 4) is 0 Å². The van der Waals surface area contributed by atoms with E-state index in [2.05, 4.69) is 52.1 Å². The Bertz CT molecular complexity index is 524. The van der Waals surface area contributed by atoms with E-state index < -0.39 is 10.8 Å². The average Bonchev–Trinajstić information content (AvgIpc) is 2.43. The van der Waals surface area contributed by atoms with Crippen molar-refractivity contribution in [1.29, 1.82) is 0 Å². The lowest BCUT2D eigenvalue weighted by Gasteiger charge is -2.40. The van der Waals surface area contributed by atoms with Gasteiger partial charge in [0.2, 0.25) is 0 Å². The molecule has 118 valence electrons. The maximum Gasteiger partial charge on any atom is 0.0576 e. The standard InChI is InChI=1S/C18H29NOS/c1-6-19-16-9-10-18(4,5)12-17(16)21(20)15-8-7-13(2)14(3)11-15/h7-8,11,16-17,19H,6,9-10,12H2,1-5H3. The van der Waals surface area contributed by atoms with E-state index >= 15 is 0 Å². The molecule has 1 aliphatic carbocycles. The van der Waals surface area contributed by atoms with Crippen LogP contribution in [-0.4, -0.2) is 22.0 Å². The van der Waals surface area contributed by atoms with Crippen molar-refractivity contribution in [2.75, 3.05) is 6.54 Å². The molecule has 1 fully saturated rings. The van der Waals surface area contributed by atoms with Crippen molar-refractivity contribution >= 4 is 10.8 Å². The quantitative estimate of drug-likeness (QED) is 0.912. The Labute approximate surface area is 132 Å². The summed E-state index contributed by atoms with van der Waals surface area (Å²) in [5, 5.41) is 3.77. The lowest BCUT2D eigenvalue weighted by Crippen LogP contribution is -2.48. The number of nitrogens with one attached hydrogen (secondary N) is 1. The Morgan fingerprint density at radius 2 is 2.00 bits per heavy atom. The van der Waals surface area contributed by atoms with Gasteiger partial charge in [-0.15, -0.1) is 0 Å². The molecule has 1 saturated carbocycles. The largest absolute Gasteiger partial charge is 0.313 e. The fourth-order valence-electron chi connectivity index (χ4n) is 3.26. The Morgan fingerprint density at radius 3 is 2.62 bits per heavy atom. The molecule has 1 aromatic carbocycles. The van der Waals surface area contributed by atoms with E-state index in [4.69, 9.17) is 0 Å². The molecule has 1 aliphatic rings.